The van der Waals surface area contributed by atoms with E-state index in [1.54, 1.807) is 13.0 Å². The number of amides is 2. The molecular weight excluding hydrogens is 328 g/mol. The summed E-state index contributed by atoms with van der Waals surface area (Å²) in [5, 5.41) is 0. The monoisotopic (exact) mass is 356 g/mol. The third-order valence-corrected chi connectivity index (χ3v) is 6.35. The minimum atomic E-state index is -0.366. The van der Waals surface area contributed by atoms with Gasteiger partial charge in [-0.05, 0) is 57.9 Å². The van der Waals surface area contributed by atoms with Crippen LogP contribution in [0.25, 0.3) is 0 Å². The van der Waals surface area contributed by atoms with Gasteiger partial charge in [0.1, 0.15) is 11.5 Å². The highest BCUT2D eigenvalue weighted by Crippen LogP contribution is 2.41. The summed E-state index contributed by atoms with van der Waals surface area (Å²) < 4.78 is 0. The summed E-state index contributed by atoms with van der Waals surface area (Å²) >= 11 is 0. The van der Waals surface area contributed by atoms with Gasteiger partial charge in [-0.1, -0.05) is 6.42 Å². The molecule has 6 nitrogen and oxygen atoms in total. The summed E-state index contributed by atoms with van der Waals surface area (Å²) in [5.74, 6) is 1.52. The average molecular weight is 356 g/mol. The predicted molar refractivity (Wildman–Crippen MR) is 97.6 cm³/mol. The molecule has 6 heteroatoms. The summed E-state index contributed by atoms with van der Waals surface area (Å²) in [5.41, 5.74) is 0.881. The van der Waals surface area contributed by atoms with Gasteiger partial charge in [0.15, 0.2) is 0 Å². The third-order valence-electron chi connectivity index (χ3n) is 6.35. The lowest BCUT2D eigenvalue weighted by Crippen LogP contribution is -2.52. The number of nitrogens with zero attached hydrogens (tertiary/aromatic N) is 4. The van der Waals surface area contributed by atoms with Crippen LogP contribution in [0.3, 0.4) is 0 Å². The summed E-state index contributed by atoms with van der Waals surface area (Å²) in [6, 6.07) is 1.74. The number of carbonyl (C=O) groups excluding carboxylic acids is 2. The van der Waals surface area contributed by atoms with Crippen LogP contribution in [-0.4, -0.2) is 57.8 Å². The van der Waals surface area contributed by atoms with Gasteiger partial charge in [-0.15, -0.1) is 0 Å². The van der Waals surface area contributed by atoms with E-state index < -0.39 is 0 Å². The van der Waals surface area contributed by atoms with Gasteiger partial charge in [-0.3, -0.25) is 9.59 Å². The summed E-state index contributed by atoms with van der Waals surface area (Å²) in [6.07, 6.45) is 6.55. The van der Waals surface area contributed by atoms with Crippen LogP contribution in [0, 0.1) is 25.2 Å². The van der Waals surface area contributed by atoms with Crippen molar-refractivity contribution in [3.8, 4) is 0 Å². The number of aryl methyl sites for hydroxylation is 2. The molecule has 2 aliphatic heterocycles. The molecule has 0 bridgehead atoms. The highest BCUT2D eigenvalue weighted by Gasteiger charge is 2.49. The lowest BCUT2D eigenvalue weighted by molar-refractivity contribution is -0.146. The van der Waals surface area contributed by atoms with Crippen molar-refractivity contribution in [3.05, 3.63) is 23.3 Å². The standard InChI is InChI=1S/C20H28N4O2/c1-14-11-17(22-15(2)21-14)18(25)24-10-8-20(13-24)7-4-9-23(19(20)26)12-16-5-3-6-16/h11,16H,3-10,12-13H2,1-2H3/t20-/m0/s1. The van der Waals surface area contributed by atoms with E-state index in [2.05, 4.69) is 14.9 Å². The first kappa shape index (κ1) is 17.4. The summed E-state index contributed by atoms with van der Waals surface area (Å²) in [7, 11) is 0. The molecule has 1 aromatic rings. The minimum Gasteiger partial charge on any atom is -0.342 e. The molecule has 0 N–H and O–H groups in total. The fourth-order valence-electron chi connectivity index (χ4n) is 4.73. The van der Waals surface area contributed by atoms with Crippen LogP contribution in [-0.2, 0) is 4.79 Å². The van der Waals surface area contributed by atoms with Crippen LogP contribution in [0.5, 0.6) is 0 Å². The Labute approximate surface area is 155 Å². The lowest BCUT2D eigenvalue weighted by atomic mass is 9.77. The van der Waals surface area contributed by atoms with Crippen molar-refractivity contribution in [1.82, 2.24) is 19.8 Å². The number of rotatable bonds is 3. The Morgan fingerprint density at radius 3 is 2.69 bits per heavy atom. The molecule has 0 aromatic carbocycles. The Bertz CT molecular complexity index is 710. The van der Waals surface area contributed by atoms with Gasteiger partial charge < -0.3 is 9.80 Å². The zero-order valence-electron chi connectivity index (χ0n) is 15.8. The maximum atomic E-state index is 13.2. The van der Waals surface area contributed by atoms with E-state index in [1.807, 2.05) is 11.8 Å². The average Bonchev–Trinajstić information content (AvgIpc) is 2.98. The van der Waals surface area contributed by atoms with Crippen LogP contribution >= 0.6 is 0 Å². The number of piperidine rings is 1. The molecular formula is C20H28N4O2. The molecule has 2 saturated heterocycles. The van der Waals surface area contributed by atoms with Gasteiger partial charge in [0.25, 0.3) is 5.91 Å². The van der Waals surface area contributed by atoms with Crippen LogP contribution in [0.4, 0.5) is 0 Å². The van der Waals surface area contributed by atoms with Gasteiger partial charge in [0.05, 0.1) is 5.41 Å². The van der Waals surface area contributed by atoms with E-state index in [9.17, 15) is 9.59 Å². The molecule has 0 unspecified atom stereocenters. The third kappa shape index (κ3) is 3.10. The Kier molecular flexibility index (Phi) is 4.45. The van der Waals surface area contributed by atoms with Crippen molar-refractivity contribution < 1.29 is 9.59 Å². The Hall–Kier alpha value is -1.98. The van der Waals surface area contributed by atoms with E-state index in [4.69, 9.17) is 0 Å². The summed E-state index contributed by atoms with van der Waals surface area (Å²) in [4.78, 5) is 38.6. The smallest absolute Gasteiger partial charge is 0.272 e. The van der Waals surface area contributed by atoms with Gasteiger partial charge in [0.2, 0.25) is 5.91 Å². The molecule has 1 atom stereocenters. The van der Waals surface area contributed by atoms with Crippen molar-refractivity contribution in [2.45, 2.75) is 52.4 Å². The quantitative estimate of drug-likeness (QED) is 0.834. The first-order chi connectivity index (χ1) is 12.5. The molecule has 0 radical (unpaired) electrons. The number of aromatic nitrogens is 2. The van der Waals surface area contributed by atoms with E-state index >= 15 is 0 Å². The SMILES string of the molecule is Cc1cc(C(=O)N2CC[C@@]3(CCCN(CC4CCC4)C3=O)C2)nc(C)n1. The maximum Gasteiger partial charge on any atom is 0.272 e. The molecule has 26 heavy (non-hydrogen) atoms. The molecule has 3 heterocycles. The molecule has 140 valence electrons. The zero-order chi connectivity index (χ0) is 18.3. The number of hydrogen-bond acceptors (Lipinski definition) is 4. The first-order valence-corrected chi connectivity index (χ1v) is 9.88. The van der Waals surface area contributed by atoms with Crippen LogP contribution < -0.4 is 0 Å². The van der Waals surface area contributed by atoms with Crippen molar-refractivity contribution in [3.63, 3.8) is 0 Å². The largest absolute Gasteiger partial charge is 0.342 e. The second-order valence-electron chi connectivity index (χ2n) is 8.35. The number of carbonyl (C=O) groups is 2. The molecule has 1 saturated carbocycles. The normalized spacial score (nSPS) is 26.5. The van der Waals surface area contributed by atoms with Crippen molar-refractivity contribution >= 4 is 11.8 Å². The number of likely N-dealkylation sites (tertiary alicyclic amines) is 2. The van der Waals surface area contributed by atoms with Crippen molar-refractivity contribution in [1.29, 1.82) is 0 Å². The van der Waals surface area contributed by atoms with E-state index in [0.29, 0.717) is 30.5 Å². The van der Waals surface area contributed by atoms with Gasteiger partial charge in [-0.25, -0.2) is 9.97 Å². The molecule has 4 rings (SSSR count). The predicted octanol–water partition coefficient (Wildman–Crippen LogP) is 2.35. The molecule has 1 spiro atoms. The number of hydrogen-bond donors (Lipinski definition) is 0. The Morgan fingerprint density at radius 1 is 1.19 bits per heavy atom. The molecule has 3 aliphatic rings. The highest BCUT2D eigenvalue weighted by molar-refractivity contribution is 5.94. The van der Waals surface area contributed by atoms with Crippen LogP contribution in [0.1, 0.15) is 60.5 Å². The van der Waals surface area contributed by atoms with E-state index in [-0.39, 0.29) is 17.2 Å². The zero-order valence-corrected chi connectivity index (χ0v) is 15.8. The van der Waals surface area contributed by atoms with Gasteiger partial charge in [0, 0.05) is 31.9 Å². The second-order valence-corrected chi connectivity index (χ2v) is 8.35. The topological polar surface area (TPSA) is 66.4 Å². The van der Waals surface area contributed by atoms with Crippen molar-refractivity contribution in [2.75, 3.05) is 26.2 Å². The minimum absolute atomic E-state index is 0.0700. The summed E-state index contributed by atoms with van der Waals surface area (Å²) in [6.45, 7) is 6.66. The highest BCUT2D eigenvalue weighted by atomic mass is 16.2. The molecule has 3 fully saturated rings. The maximum absolute atomic E-state index is 13.2. The fourth-order valence-corrected chi connectivity index (χ4v) is 4.73. The molecule has 1 aromatic heterocycles. The van der Waals surface area contributed by atoms with Gasteiger partial charge in [-0.2, -0.15) is 0 Å². The van der Waals surface area contributed by atoms with E-state index in [1.165, 1.54) is 19.3 Å². The Balaban J connectivity index is 1.47. The fraction of sp³-hybridized carbons (Fsp3) is 0.700. The van der Waals surface area contributed by atoms with Gasteiger partial charge >= 0.3 is 0 Å². The molecule has 2 amide bonds. The lowest BCUT2D eigenvalue weighted by Gasteiger charge is -2.42. The van der Waals surface area contributed by atoms with Crippen LogP contribution in [0.15, 0.2) is 6.07 Å². The first-order valence-electron chi connectivity index (χ1n) is 9.88. The van der Waals surface area contributed by atoms with Crippen LogP contribution in [0.2, 0.25) is 0 Å². The second kappa shape index (κ2) is 6.63. The Morgan fingerprint density at radius 2 is 2.00 bits per heavy atom. The van der Waals surface area contributed by atoms with E-state index in [0.717, 1.165) is 38.0 Å². The van der Waals surface area contributed by atoms with Crippen molar-refractivity contribution in [2.24, 2.45) is 11.3 Å². The molecule has 1 aliphatic carbocycles.